The van der Waals surface area contributed by atoms with Gasteiger partial charge in [-0.25, -0.2) is 18.4 Å². The number of hydrogen-bond acceptors (Lipinski definition) is 4. The summed E-state index contributed by atoms with van der Waals surface area (Å²) in [6.07, 6.45) is -1.72. The van der Waals surface area contributed by atoms with Gasteiger partial charge in [0.2, 0.25) is 5.91 Å². The number of carboxylic acid groups (broad SMARTS) is 1. The Morgan fingerprint density at radius 1 is 1.12 bits per heavy atom. The lowest BCUT2D eigenvalue weighted by Gasteiger charge is -2.26. The molecule has 0 radical (unpaired) electrons. The first-order chi connectivity index (χ1) is 15.7. The van der Waals surface area contributed by atoms with Crippen LogP contribution in [0.25, 0.3) is 11.1 Å². The summed E-state index contributed by atoms with van der Waals surface area (Å²) in [4.78, 5) is 37.2. The highest BCUT2D eigenvalue weighted by atomic mass is 19.3. The Morgan fingerprint density at radius 2 is 1.70 bits per heavy atom. The maximum absolute atomic E-state index is 13.8. The molecular formula is C24H24F2N2O5. The molecule has 2 N–H and O–H groups in total. The van der Waals surface area contributed by atoms with Crippen LogP contribution < -0.4 is 5.32 Å². The van der Waals surface area contributed by atoms with Crippen LogP contribution in [0.5, 0.6) is 0 Å². The molecule has 174 valence electrons. The predicted octanol–water partition coefficient (Wildman–Crippen LogP) is 3.62. The van der Waals surface area contributed by atoms with Gasteiger partial charge in [0.15, 0.2) is 0 Å². The van der Waals surface area contributed by atoms with Crippen LogP contribution in [-0.2, 0) is 14.3 Å². The highest BCUT2D eigenvalue weighted by Crippen LogP contribution is 2.44. The van der Waals surface area contributed by atoms with Crippen molar-refractivity contribution in [1.82, 2.24) is 10.2 Å². The molecule has 7 nitrogen and oxygen atoms in total. The first-order valence-corrected chi connectivity index (χ1v) is 10.7. The lowest BCUT2D eigenvalue weighted by molar-refractivity contribution is -0.149. The number of fused-ring (bicyclic) bond motifs is 3. The molecule has 0 unspecified atom stereocenters. The van der Waals surface area contributed by atoms with E-state index < -0.39 is 48.9 Å². The zero-order valence-corrected chi connectivity index (χ0v) is 18.0. The number of carbonyl (C=O) groups is 3. The number of alkyl carbamates (subject to hydrolysis) is 1. The minimum Gasteiger partial charge on any atom is -0.480 e. The van der Waals surface area contributed by atoms with Gasteiger partial charge < -0.3 is 20.1 Å². The lowest BCUT2D eigenvalue weighted by Crippen LogP contribution is -2.51. The molecule has 0 spiro atoms. The number of hydrogen-bond donors (Lipinski definition) is 2. The number of rotatable bonds is 6. The number of aliphatic carboxylic acids is 1. The van der Waals surface area contributed by atoms with Crippen LogP contribution in [0.15, 0.2) is 48.5 Å². The van der Waals surface area contributed by atoms with Crippen LogP contribution in [0, 0.1) is 0 Å². The summed E-state index contributed by atoms with van der Waals surface area (Å²) < 4.78 is 32.9. The van der Waals surface area contributed by atoms with Crippen molar-refractivity contribution in [3.63, 3.8) is 0 Å². The summed E-state index contributed by atoms with van der Waals surface area (Å²) in [7, 11) is 0. The third kappa shape index (κ3) is 4.40. The van der Waals surface area contributed by atoms with Crippen molar-refractivity contribution in [3.05, 3.63) is 59.7 Å². The van der Waals surface area contributed by atoms with Gasteiger partial charge in [-0.1, -0.05) is 55.5 Å². The number of carboxylic acids is 1. The summed E-state index contributed by atoms with van der Waals surface area (Å²) in [6, 6.07) is 12.9. The third-order valence-corrected chi connectivity index (χ3v) is 6.18. The molecule has 9 heteroatoms. The van der Waals surface area contributed by atoms with Gasteiger partial charge in [0, 0.05) is 12.3 Å². The van der Waals surface area contributed by atoms with Gasteiger partial charge in [0.25, 0.3) is 5.92 Å². The molecule has 0 saturated carbocycles. The van der Waals surface area contributed by atoms with E-state index in [1.165, 1.54) is 0 Å². The van der Waals surface area contributed by atoms with Crippen LogP contribution >= 0.6 is 0 Å². The smallest absolute Gasteiger partial charge is 0.407 e. The molecule has 1 heterocycles. The third-order valence-electron chi connectivity index (χ3n) is 6.18. The van der Waals surface area contributed by atoms with E-state index in [2.05, 4.69) is 5.32 Å². The van der Waals surface area contributed by atoms with Crippen molar-refractivity contribution >= 4 is 18.0 Å². The summed E-state index contributed by atoms with van der Waals surface area (Å²) >= 11 is 0. The van der Waals surface area contributed by atoms with Crippen molar-refractivity contribution < 1.29 is 33.0 Å². The number of likely N-dealkylation sites (tertiary alicyclic amines) is 1. The van der Waals surface area contributed by atoms with Crippen LogP contribution in [0.4, 0.5) is 13.6 Å². The van der Waals surface area contributed by atoms with Crippen LogP contribution in [0.3, 0.4) is 0 Å². The largest absolute Gasteiger partial charge is 0.480 e. The number of nitrogens with zero attached hydrogens (tertiary/aromatic N) is 1. The van der Waals surface area contributed by atoms with E-state index in [1.807, 2.05) is 48.5 Å². The monoisotopic (exact) mass is 458 g/mol. The fraction of sp³-hybridized carbons (Fsp3) is 0.375. The maximum Gasteiger partial charge on any atom is 0.407 e. The molecule has 4 rings (SSSR count). The van der Waals surface area contributed by atoms with Crippen molar-refractivity contribution in [3.8, 4) is 11.1 Å². The van der Waals surface area contributed by atoms with Gasteiger partial charge in [-0.2, -0.15) is 0 Å². The number of carbonyl (C=O) groups excluding carboxylic acids is 2. The Morgan fingerprint density at radius 3 is 2.24 bits per heavy atom. The Bertz CT molecular complexity index is 1040. The average molecular weight is 458 g/mol. The molecule has 2 aliphatic rings. The fourth-order valence-electron chi connectivity index (χ4n) is 4.59. The van der Waals surface area contributed by atoms with Gasteiger partial charge in [-0.05, 0) is 28.7 Å². The van der Waals surface area contributed by atoms with Crippen molar-refractivity contribution in [2.75, 3.05) is 13.2 Å². The van der Waals surface area contributed by atoms with Crippen molar-refractivity contribution in [2.45, 2.75) is 43.7 Å². The number of amides is 2. The Balaban J connectivity index is 1.42. The first-order valence-electron chi connectivity index (χ1n) is 10.7. The van der Waals surface area contributed by atoms with Crippen LogP contribution in [0.1, 0.15) is 36.8 Å². The summed E-state index contributed by atoms with van der Waals surface area (Å²) in [6.45, 7) is 0.631. The highest BCUT2D eigenvalue weighted by Gasteiger charge is 2.51. The van der Waals surface area contributed by atoms with Crippen LogP contribution in [0.2, 0.25) is 0 Å². The maximum atomic E-state index is 13.8. The van der Waals surface area contributed by atoms with Gasteiger partial charge in [0.1, 0.15) is 18.7 Å². The Kier molecular flexibility index (Phi) is 6.05. The standard InChI is InChI=1S/C24H24F2N2O5/c1-2-19(21(29)28-13-24(25,26)11-20(28)22(30)31)27-23(32)33-12-18-16-9-5-3-7-14(16)15-8-4-6-10-17(15)18/h3-10,18-20H,2,11-13H2,1H3,(H,27,32)(H,30,31)/t19-,20+/m1/s1. The molecule has 0 bridgehead atoms. The molecule has 1 saturated heterocycles. The van der Waals surface area contributed by atoms with Crippen LogP contribution in [-0.4, -0.2) is 59.1 Å². The molecule has 2 amide bonds. The quantitative estimate of drug-likeness (QED) is 0.689. The molecule has 1 aliphatic carbocycles. The predicted molar refractivity (Wildman–Crippen MR) is 115 cm³/mol. The van der Waals surface area contributed by atoms with E-state index in [9.17, 15) is 28.3 Å². The normalized spacial score (nSPS) is 19.5. The zero-order chi connectivity index (χ0) is 23.8. The van der Waals surface area contributed by atoms with Crippen molar-refractivity contribution in [2.24, 2.45) is 0 Å². The van der Waals surface area contributed by atoms with Gasteiger partial charge in [0.05, 0.1) is 6.54 Å². The van der Waals surface area contributed by atoms with E-state index in [4.69, 9.17) is 4.74 Å². The van der Waals surface area contributed by atoms with E-state index >= 15 is 0 Å². The summed E-state index contributed by atoms with van der Waals surface area (Å²) in [5, 5.41) is 11.6. The highest BCUT2D eigenvalue weighted by molar-refractivity contribution is 5.90. The van der Waals surface area contributed by atoms with Gasteiger partial charge in [-0.15, -0.1) is 0 Å². The molecule has 2 aromatic carbocycles. The molecule has 2 aromatic rings. The SMILES string of the molecule is CC[C@@H](NC(=O)OCC1c2ccccc2-c2ccccc21)C(=O)N1CC(F)(F)C[C@H]1C(=O)O. The minimum absolute atomic E-state index is 0.0318. The van der Waals surface area contributed by atoms with Crippen molar-refractivity contribution in [1.29, 1.82) is 0 Å². The second-order valence-corrected chi connectivity index (χ2v) is 8.31. The van der Waals surface area contributed by atoms with Gasteiger partial charge >= 0.3 is 12.1 Å². The molecule has 2 atom stereocenters. The number of ether oxygens (including phenoxy) is 1. The zero-order valence-electron chi connectivity index (χ0n) is 18.0. The molecular weight excluding hydrogens is 434 g/mol. The lowest BCUT2D eigenvalue weighted by atomic mass is 9.98. The second kappa shape index (κ2) is 8.80. The molecule has 1 aliphatic heterocycles. The Hall–Kier alpha value is -3.49. The van der Waals surface area contributed by atoms with E-state index in [-0.39, 0.29) is 18.9 Å². The molecule has 0 aromatic heterocycles. The fourth-order valence-corrected chi connectivity index (χ4v) is 4.59. The first kappa shape index (κ1) is 22.7. The molecule has 33 heavy (non-hydrogen) atoms. The Labute approximate surface area is 189 Å². The summed E-state index contributed by atoms with van der Waals surface area (Å²) in [5.74, 6) is -5.83. The second-order valence-electron chi connectivity index (χ2n) is 8.31. The number of alkyl halides is 2. The average Bonchev–Trinajstić information content (AvgIpc) is 3.30. The van der Waals surface area contributed by atoms with E-state index in [1.54, 1.807) is 6.92 Å². The number of halogens is 2. The molecule has 1 fully saturated rings. The van der Waals surface area contributed by atoms with E-state index in [0.29, 0.717) is 4.90 Å². The van der Waals surface area contributed by atoms with Gasteiger partial charge in [-0.3, -0.25) is 4.79 Å². The topological polar surface area (TPSA) is 95.9 Å². The van der Waals surface area contributed by atoms with E-state index in [0.717, 1.165) is 22.3 Å². The number of nitrogens with one attached hydrogen (secondary N) is 1. The summed E-state index contributed by atoms with van der Waals surface area (Å²) in [5.41, 5.74) is 4.19. The minimum atomic E-state index is -3.29. The number of benzene rings is 2.